The Labute approximate surface area is 137 Å². The summed E-state index contributed by atoms with van der Waals surface area (Å²) in [5, 5.41) is 14.6. The summed E-state index contributed by atoms with van der Waals surface area (Å²) in [6.07, 6.45) is 0.562. The molecule has 22 heavy (non-hydrogen) atoms. The van der Waals surface area contributed by atoms with Crippen LogP contribution < -0.4 is 14.8 Å². The number of nitrogens with one attached hydrogen (secondary N) is 1. The monoisotopic (exact) mass is 324 g/mol. The van der Waals surface area contributed by atoms with Crippen molar-refractivity contribution in [2.75, 3.05) is 14.2 Å². The number of thiocarbonyl (C=S) groups is 1. The van der Waals surface area contributed by atoms with Gasteiger partial charge in [0.05, 0.1) is 20.8 Å². The van der Waals surface area contributed by atoms with Crippen molar-refractivity contribution in [1.29, 1.82) is 0 Å². The predicted molar refractivity (Wildman–Crippen MR) is 90.1 cm³/mol. The molecule has 0 amide bonds. The Balaban J connectivity index is 2.32. The number of hydrogen-bond acceptors (Lipinski definition) is 4. The van der Waals surface area contributed by atoms with Gasteiger partial charge < -0.3 is 24.8 Å². The van der Waals surface area contributed by atoms with Crippen LogP contribution >= 0.6 is 12.2 Å². The maximum Gasteiger partial charge on any atom is 0.171 e. The van der Waals surface area contributed by atoms with Gasteiger partial charge in [-0.05, 0) is 39.1 Å². The van der Waals surface area contributed by atoms with Crippen LogP contribution in [0.5, 0.6) is 11.5 Å². The second-order valence-electron chi connectivity index (χ2n) is 6.45. The lowest BCUT2D eigenvalue weighted by Gasteiger charge is -2.49. The van der Waals surface area contributed by atoms with Gasteiger partial charge in [-0.3, -0.25) is 0 Å². The van der Waals surface area contributed by atoms with E-state index in [1.165, 1.54) is 0 Å². The Bertz CT molecular complexity index is 573. The zero-order chi connectivity index (χ0) is 16.5. The molecule has 1 aromatic rings. The number of ether oxygens (including phenoxy) is 2. The Kier molecular flexibility index (Phi) is 4.54. The summed E-state index contributed by atoms with van der Waals surface area (Å²) in [7, 11) is 3.21. The molecular weight excluding hydrogens is 300 g/mol. The topological polar surface area (TPSA) is 54.0 Å². The van der Waals surface area contributed by atoms with Gasteiger partial charge in [-0.2, -0.15) is 0 Å². The van der Waals surface area contributed by atoms with E-state index in [2.05, 4.69) is 5.32 Å². The maximum atomic E-state index is 10.8. The lowest BCUT2D eigenvalue weighted by atomic mass is 9.90. The van der Waals surface area contributed by atoms with Gasteiger partial charge in [-0.15, -0.1) is 0 Å². The molecule has 2 N–H and O–H groups in total. The SMILES string of the molecule is COc1cccc(CN2C(=S)NC(C)(C)C[C@@]2(C)O)c1OC. The van der Waals surface area contributed by atoms with Crippen molar-refractivity contribution in [2.24, 2.45) is 0 Å². The van der Waals surface area contributed by atoms with E-state index in [1.807, 2.05) is 32.0 Å². The van der Waals surface area contributed by atoms with Gasteiger partial charge in [0.15, 0.2) is 16.6 Å². The minimum Gasteiger partial charge on any atom is -0.493 e. The highest BCUT2D eigenvalue weighted by Crippen LogP contribution is 2.35. The van der Waals surface area contributed by atoms with Crippen molar-refractivity contribution in [3.8, 4) is 11.5 Å². The normalized spacial score (nSPS) is 23.9. The average Bonchev–Trinajstić information content (AvgIpc) is 2.40. The van der Waals surface area contributed by atoms with Gasteiger partial charge in [0.25, 0.3) is 0 Å². The third-order valence-electron chi connectivity index (χ3n) is 3.86. The van der Waals surface area contributed by atoms with Crippen molar-refractivity contribution in [3.05, 3.63) is 23.8 Å². The lowest BCUT2D eigenvalue weighted by molar-refractivity contribution is -0.0922. The standard InChI is InChI=1S/C16H24N2O3S/c1-15(2)10-16(3,19)18(14(22)17-15)9-11-7-6-8-12(20-4)13(11)21-5/h6-8,19H,9-10H2,1-5H3,(H,17,22)/t16-/m1/s1. The van der Waals surface area contributed by atoms with Crippen LogP contribution in [0.15, 0.2) is 18.2 Å². The molecule has 1 heterocycles. The van der Waals surface area contributed by atoms with Crippen LogP contribution in [0.3, 0.4) is 0 Å². The molecule has 1 atom stereocenters. The molecule has 1 saturated heterocycles. The smallest absolute Gasteiger partial charge is 0.171 e. The van der Waals surface area contributed by atoms with E-state index >= 15 is 0 Å². The van der Waals surface area contributed by atoms with Crippen molar-refractivity contribution >= 4 is 17.3 Å². The van der Waals surface area contributed by atoms with Crippen molar-refractivity contribution in [3.63, 3.8) is 0 Å². The minimum atomic E-state index is -1.03. The third-order valence-corrected chi connectivity index (χ3v) is 4.18. The molecule has 122 valence electrons. The fraction of sp³-hybridized carbons (Fsp3) is 0.562. The van der Waals surface area contributed by atoms with Gasteiger partial charge in [0, 0.05) is 17.5 Å². The summed E-state index contributed by atoms with van der Waals surface area (Å²) < 4.78 is 10.8. The fourth-order valence-corrected chi connectivity index (χ4v) is 3.58. The summed E-state index contributed by atoms with van der Waals surface area (Å²) >= 11 is 5.45. The molecule has 0 saturated carbocycles. The number of hydrogen-bond donors (Lipinski definition) is 2. The molecule has 1 aromatic carbocycles. The molecule has 6 heteroatoms. The zero-order valence-corrected chi connectivity index (χ0v) is 14.6. The molecule has 0 aliphatic carbocycles. The van der Waals surface area contributed by atoms with Crippen LogP contribution in [0.4, 0.5) is 0 Å². The number of methoxy groups -OCH3 is 2. The number of benzene rings is 1. The van der Waals surface area contributed by atoms with Gasteiger partial charge in [0.1, 0.15) is 5.72 Å². The molecule has 5 nitrogen and oxygen atoms in total. The van der Waals surface area contributed by atoms with E-state index in [4.69, 9.17) is 21.7 Å². The first-order chi connectivity index (χ1) is 10.2. The highest BCUT2D eigenvalue weighted by Gasteiger charge is 2.43. The third kappa shape index (κ3) is 3.28. The van der Waals surface area contributed by atoms with E-state index < -0.39 is 5.72 Å². The lowest BCUT2D eigenvalue weighted by Crippen LogP contribution is -2.65. The first-order valence-electron chi connectivity index (χ1n) is 7.22. The number of para-hydroxylation sites is 1. The second kappa shape index (κ2) is 5.93. The first-order valence-corrected chi connectivity index (χ1v) is 7.63. The van der Waals surface area contributed by atoms with Gasteiger partial charge in [-0.25, -0.2) is 0 Å². The minimum absolute atomic E-state index is 0.241. The largest absolute Gasteiger partial charge is 0.493 e. The Hall–Kier alpha value is -1.53. The summed E-state index contributed by atoms with van der Waals surface area (Å²) in [5.41, 5.74) is -0.360. The summed E-state index contributed by atoms with van der Waals surface area (Å²) in [6, 6.07) is 5.69. The molecule has 0 unspecified atom stereocenters. The number of rotatable bonds is 4. The van der Waals surface area contributed by atoms with Crippen LogP contribution in [0.1, 0.15) is 32.8 Å². The number of aliphatic hydroxyl groups is 1. The Morgan fingerprint density at radius 3 is 2.50 bits per heavy atom. The van der Waals surface area contributed by atoms with Gasteiger partial charge >= 0.3 is 0 Å². The fourth-order valence-electron chi connectivity index (χ4n) is 3.04. The maximum absolute atomic E-state index is 10.8. The zero-order valence-electron chi connectivity index (χ0n) is 13.8. The molecular formula is C16H24N2O3S. The molecule has 1 aliphatic rings. The molecule has 0 radical (unpaired) electrons. The van der Waals surface area contributed by atoms with E-state index in [-0.39, 0.29) is 5.54 Å². The van der Waals surface area contributed by atoms with Gasteiger partial charge in [0.2, 0.25) is 0 Å². The van der Waals surface area contributed by atoms with Gasteiger partial charge in [-0.1, -0.05) is 12.1 Å². The van der Waals surface area contributed by atoms with Crippen molar-refractivity contribution < 1.29 is 14.6 Å². The van der Waals surface area contributed by atoms with E-state index in [9.17, 15) is 5.11 Å². The highest BCUT2D eigenvalue weighted by molar-refractivity contribution is 7.80. The predicted octanol–water partition coefficient (Wildman–Crippen LogP) is 2.27. The van der Waals surface area contributed by atoms with Crippen LogP contribution in [-0.4, -0.2) is 40.6 Å². The molecule has 1 fully saturated rings. The Morgan fingerprint density at radius 2 is 1.95 bits per heavy atom. The quantitative estimate of drug-likeness (QED) is 0.829. The van der Waals surface area contributed by atoms with E-state index in [1.54, 1.807) is 26.0 Å². The average molecular weight is 324 g/mol. The molecule has 0 spiro atoms. The molecule has 1 aliphatic heterocycles. The highest BCUT2D eigenvalue weighted by atomic mass is 32.1. The number of nitrogens with zero attached hydrogens (tertiary/aromatic N) is 1. The summed E-state index contributed by atoms with van der Waals surface area (Å²) in [5.74, 6) is 1.32. The van der Waals surface area contributed by atoms with Crippen LogP contribution in [0, 0.1) is 0 Å². The second-order valence-corrected chi connectivity index (χ2v) is 6.83. The van der Waals surface area contributed by atoms with Crippen LogP contribution in [-0.2, 0) is 6.54 Å². The van der Waals surface area contributed by atoms with E-state index in [0.29, 0.717) is 29.6 Å². The molecule has 0 bridgehead atoms. The Morgan fingerprint density at radius 1 is 1.27 bits per heavy atom. The van der Waals surface area contributed by atoms with Crippen LogP contribution in [0.25, 0.3) is 0 Å². The van der Waals surface area contributed by atoms with Crippen molar-refractivity contribution in [1.82, 2.24) is 10.2 Å². The first kappa shape index (κ1) is 16.8. The summed E-state index contributed by atoms with van der Waals surface area (Å²) in [6.45, 7) is 6.28. The van der Waals surface area contributed by atoms with E-state index in [0.717, 1.165) is 5.56 Å². The van der Waals surface area contributed by atoms with Crippen LogP contribution in [0.2, 0.25) is 0 Å². The molecule has 2 rings (SSSR count). The van der Waals surface area contributed by atoms with Crippen molar-refractivity contribution in [2.45, 2.75) is 45.0 Å². The summed E-state index contributed by atoms with van der Waals surface area (Å²) in [4.78, 5) is 1.78. The molecule has 0 aromatic heterocycles.